The van der Waals surface area contributed by atoms with Gasteiger partial charge in [-0.25, -0.2) is 0 Å². The third-order valence-electron chi connectivity index (χ3n) is 2.99. The molecule has 0 heterocycles. The third-order valence-corrected chi connectivity index (χ3v) is 2.99. The van der Waals surface area contributed by atoms with E-state index in [9.17, 15) is 4.79 Å². The summed E-state index contributed by atoms with van der Waals surface area (Å²) < 4.78 is 4.76. The molecule has 0 bridgehead atoms. The molecule has 0 saturated heterocycles. The smallest absolute Gasteiger partial charge is 0.309 e. The first-order valence-electron chi connectivity index (χ1n) is 5.13. The second-order valence-corrected chi connectivity index (χ2v) is 3.97. The summed E-state index contributed by atoms with van der Waals surface area (Å²) in [6, 6.07) is 7.99. The Hall–Kier alpha value is -1.35. The number of carbonyl (C=O) groups is 1. The lowest BCUT2D eigenvalue weighted by Crippen LogP contribution is -2.29. The van der Waals surface area contributed by atoms with Gasteiger partial charge in [0.05, 0.1) is 13.0 Å². The number of carbonyl (C=O) groups excluding carboxylic acids is 1. The zero-order chi connectivity index (χ0) is 10.8. The number of esters is 1. The van der Waals surface area contributed by atoms with E-state index in [2.05, 4.69) is 0 Å². The minimum atomic E-state index is -0.153. The van der Waals surface area contributed by atoms with Crippen LogP contribution in [0.5, 0.6) is 0 Å². The van der Waals surface area contributed by atoms with Gasteiger partial charge in [-0.2, -0.15) is 0 Å². The molecule has 0 aromatic heterocycles. The molecule has 0 amide bonds. The Morgan fingerprint density at radius 1 is 1.47 bits per heavy atom. The molecule has 1 aliphatic carbocycles. The summed E-state index contributed by atoms with van der Waals surface area (Å²) in [6.45, 7) is 0. The Morgan fingerprint density at radius 3 is 2.93 bits per heavy atom. The molecule has 1 aromatic rings. The van der Waals surface area contributed by atoms with Crippen LogP contribution in [0.4, 0.5) is 0 Å². The molecule has 1 aliphatic rings. The van der Waals surface area contributed by atoms with Crippen molar-refractivity contribution in [2.75, 3.05) is 7.11 Å². The van der Waals surface area contributed by atoms with Crippen molar-refractivity contribution in [2.45, 2.75) is 18.9 Å². The van der Waals surface area contributed by atoms with Crippen molar-refractivity contribution in [3.63, 3.8) is 0 Å². The van der Waals surface area contributed by atoms with Crippen molar-refractivity contribution in [3.8, 4) is 0 Å². The predicted molar refractivity (Wildman–Crippen MR) is 57.2 cm³/mol. The topological polar surface area (TPSA) is 52.3 Å². The van der Waals surface area contributed by atoms with Crippen LogP contribution in [0.15, 0.2) is 24.3 Å². The van der Waals surface area contributed by atoms with Crippen LogP contribution in [-0.4, -0.2) is 13.1 Å². The summed E-state index contributed by atoms with van der Waals surface area (Å²) in [6.07, 6.45) is 1.43. The molecule has 1 aromatic carbocycles. The van der Waals surface area contributed by atoms with E-state index in [0.29, 0.717) is 6.42 Å². The van der Waals surface area contributed by atoms with Crippen LogP contribution in [-0.2, 0) is 16.0 Å². The molecule has 2 rings (SSSR count). The van der Waals surface area contributed by atoms with Gasteiger partial charge in [-0.05, 0) is 24.0 Å². The number of hydrogen-bond donors (Lipinski definition) is 1. The highest BCUT2D eigenvalue weighted by molar-refractivity contribution is 5.73. The molecule has 3 nitrogen and oxygen atoms in total. The van der Waals surface area contributed by atoms with Gasteiger partial charge < -0.3 is 10.5 Å². The van der Waals surface area contributed by atoms with Crippen LogP contribution < -0.4 is 5.73 Å². The van der Waals surface area contributed by atoms with Crippen molar-refractivity contribution >= 4 is 5.97 Å². The molecule has 15 heavy (non-hydrogen) atoms. The number of nitrogens with two attached hydrogens (primary N) is 1. The maximum Gasteiger partial charge on any atom is 0.309 e. The summed E-state index contributed by atoms with van der Waals surface area (Å²) in [5.41, 5.74) is 8.36. The van der Waals surface area contributed by atoms with E-state index in [1.165, 1.54) is 12.7 Å². The van der Waals surface area contributed by atoms with Crippen molar-refractivity contribution in [3.05, 3.63) is 35.4 Å². The standard InChI is InChI=1S/C12H15NO2/c1-15-12(14)9-6-8-4-2-3-5-10(8)11(13)7-9/h2-5,9,11H,6-7,13H2,1H3. The van der Waals surface area contributed by atoms with Gasteiger partial charge in [-0.1, -0.05) is 24.3 Å². The lowest BCUT2D eigenvalue weighted by molar-refractivity contribution is -0.146. The highest BCUT2D eigenvalue weighted by Crippen LogP contribution is 2.31. The summed E-state index contributed by atoms with van der Waals surface area (Å²) >= 11 is 0. The number of rotatable bonds is 1. The van der Waals surface area contributed by atoms with Crippen LogP contribution in [0.3, 0.4) is 0 Å². The summed E-state index contributed by atoms with van der Waals surface area (Å²) in [7, 11) is 1.42. The Kier molecular flexibility index (Phi) is 2.73. The minimum Gasteiger partial charge on any atom is -0.469 e. The predicted octanol–water partition coefficient (Wildman–Crippen LogP) is 1.42. The fourth-order valence-electron chi connectivity index (χ4n) is 2.21. The second-order valence-electron chi connectivity index (χ2n) is 3.97. The van der Waals surface area contributed by atoms with Crippen LogP contribution in [0.2, 0.25) is 0 Å². The molecule has 0 aliphatic heterocycles. The Morgan fingerprint density at radius 2 is 2.20 bits per heavy atom. The zero-order valence-corrected chi connectivity index (χ0v) is 8.77. The van der Waals surface area contributed by atoms with Gasteiger partial charge in [0.1, 0.15) is 0 Å². The van der Waals surface area contributed by atoms with Crippen molar-refractivity contribution < 1.29 is 9.53 Å². The van der Waals surface area contributed by atoms with E-state index in [1.807, 2.05) is 24.3 Å². The van der Waals surface area contributed by atoms with Crippen LogP contribution in [0, 0.1) is 5.92 Å². The molecule has 0 fully saturated rings. The minimum absolute atomic E-state index is 0.0425. The van der Waals surface area contributed by atoms with Gasteiger partial charge in [0.25, 0.3) is 0 Å². The Balaban J connectivity index is 2.26. The number of fused-ring (bicyclic) bond motifs is 1. The normalized spacial score (nSPS) is 24.4. The lowest BCUT2D eigenvalue weighted by atomic mass is 9.81. The monoisotopic (exact) mass is 205 g/mol. The van der Waals surface area contributed by atoms with Gasteiger partial charge in [0.2, 0.25) is 0 Å². The average molecular weight is 205 g/mol. The second kappa shape index (κ2) is 4.03. The Labute approximate surface area is 89.2 Å². The summed E-state index contributed by atoms with van der Waals surface area (Å²) in [5, 5.41) is 0. The van der Waals surface area contributed by atoms with Gasteiger partial charge in [0.15, 0.2) is 0 Å². The van der Waals surface area contributed by atoms with E-state index < -0.39 is 0 Å². The molecular formula is C12H15NO2. The zero-order valence-electron chi connectivity index (χ0n) is 8.77. The molecule has 0 saturated carbocycles. The maximum atomic E-state index is 11.4. The lowest BCUT2D eigenvalue weighted by Gasteiger charge is -2.27. The summed E-state index contributed by atoms with van der Waals surface area (Å²) in [4.78, 5) is 11.4. The molecule has 2 atom stereocenters. The third kappa shape index (κ3) is 1.88. The number of benzene rings is 1. The van der Waals surface area contributed by atoms with E-state index in [-0.39, 0.29) is 17.9 Å². The van der Waals surface area contributed by atoms with Crippen LogP contribution >= 0.6 is 0 Å². The van der Waals surface area contributed by atoms with Gasteiger partial charge in [0, 0.05) is 6.04 Å². The number of ether oxygens (including phenoxy) is 1. The average Bonchev–Trinajstić information content (AvgIpc) is 2.28. The quantitative estimate of drug-likeness (QED) is 0.705. The largest absolute Gasteiger partial charge is 0.469 e. The molecule has 2 unspecified atom stereocenters. The molecule has 3 heteroatoms. The van der Waals surface area contributed by atoms with E-state index in [0.717, 1.165) is 12.0 Å². The molecule has 0 spiro atoms. The van der Waals surface area contributed by atoms with E-state index >= 15 is 0 Å². The maximum absolute atomic E-state index is 11.4. The molecule has 80 valence electrons. The van der Waals surface area contributed by atoms with Crippen molar-refractivity contribution in [1.82, 2.24) is 0 Å². The number of methoxy groups -OCH3 is 1. The van der Waals surface area contributed by atoms with Crippen LogP contribution in [0.25, 0.3) is 0 Å². The van der Waals surface area contributed by atoms with Gasteiger partial charge in [-0.3, -0.25) is 4.79 Å². The first kappa shape index (κ1) is 10.2. The molecule has 0 radical (unpaired) electrons. The highest BCUT2D eigenvalue weighted by atomic mass is 16.5. The van der Waals surface area contributed by atoms with Crippen LogP contribution in [0.1, 0.15) is 23.6 Å². The fourth-order valence-corrected chi connectivity index (χ4v) is 2.21. The Bertz CT molecular complexity index is 376. The highest BCUT2D eigenvalue weighted by Gasteiger charge is 2.29. The van der Waals surface area contributed by atoms with Crippen molar-refractivity contribution in [2.24, 2.45) is 11.7 Å². The first-order valence-corrected chi connectivity index (χ1v) is 5.13. The van der Waals surface area contributed by atoms with E-state index in [4.69, 9.17) is 10.5 Å². The number of hydrogen-bond acceptors (Lipinski definition) is 3. The fraction of sp³-hybridized carbons (Fsp3) is 0.417. The summed E-state index contributed by atoms with van der Waals surface area (Å²) in [5.74, 6) is -0.236. The van der Waals surface area contributed by atoms with Gasteiger partial charge >= 0.3 is 5.97 Å². The van der Waals surface area contributed by atoms with E-state index in [1.54, 1.807) is 0 Å². The van der Waals surface area contributed by atoms with Crippen molar-refractivity contribution in [1.29, 1.82) is 0 Å². The molecule has 2 N–H and O–H groups in total. The molecular weight excluding hydrogens is 190 g/mol. The first-order chi connectivity index (χ1) is 7.22. The van der Waals surface area contributed by atoms with Gasteiger partial charge in [-0.15, -0.1) is 0 Å². The SMILES string of the molecule is COC(=O)C1Cc2ccccc2C(N)C1.